The summed E-state index contributed by atoms with van der Waals surface area (Å²) in [6.45, 7) is 6.56. The minimum atomic E-state index is -2.23. The molecule has 1 fully saturated rings. The molecule has 0 aliphatic carbocycles. The minimum absolute atomic E-state index is 0.610. The number of piperidine rings is 1. The standard InChI is InChI=1S/C23H26Cl2NPS/c1-18-13-19(2)15-26(14-18)27(28,16-22(24)20-9-5-3-6-10-20)17-23(25)21-11-7-4-8-12-21/h3-12,16-19H,13-15H2,1-2H3/b22-16-,23-17+. The summed E-state index contributed by atoms with van der Waals surface area (Å²) in [4.78, 5) is 0. The lowest BCUT2D eigenvalue weighted by Crippen LogP contribution is -2.35. The van der Waals surface area contributed by atoms with Crippen molar-refractivity contribution in [3.8, 4) is 0 Å². The maximum Gasteiger partial charge on any atom is 0.0600 e. The minimum Gasteiger partial charge on any atom is -0.268 e. The van der Waals surface area contributed by atoms with E-state index in [9.17, 15) is 0 Å². The smallest absolute Gasteiger partial charge is 0.0600 e. The molecule has 3 rings (SSSR count). The lowest BCUT2D eigenvalue weighted by atomic mass is 9.94. The van der Waals surface area contributed by atoms with E-state index in [0.717, 1.165) is 24.2 Å². The molecule has 3 unspecified atom stereocenters. The van der Waals surface area contributed by atoms with Crippen LogP contribution >= 0.6 is 29.4 Å². The van der Waals surface area contributed by atoms with Crippen LogP contribution in [-0.2, 0) is 11.8 Å². The fourth-order valence-corrected chi connectivity index (χ4v) is 8.70. The van der Waals surface area contributed by atoms with E-state index >= 15 is 0 Å². The molecule has 0 bridgehead atoms. The van der Waals surface area contributed by atoms with Crippen LogP contribution in [0.4, 0.5) is 0 Å². The Labute approximate surface area is 184 Å². The van der Waals surface area contributed by atoms with Gasteiger partial charge in [0, 0.05) is 13.1 Å². The molecule has 0 spiro atoms. The molecule has 0 aromatic heterocycles. The van der Waals surface area contributed by atoms with Crippen LogP contribution in [0.3, 0.4) is 0 Å². The van der Waals surface area contributed by atoms with Crippen molar-refractivity contribution in [1.82, 2.24) is 4.67 Å². The molecule has 0 N–H and O–H groups in total. The molecule has 1 nitrogen and oxygen atoms in total. The van der Waals surface area contributed by atoms with Gasteiger partial charge in [0.2, 0.25) is 0 Å². The molecular weight excluding hydrogens is 424 g/mol. The lowest BCUT2D eigenvalue weighted by molar-refractivity contribution is 0.232. The summed E-state index contributed by atoms with van der Waals surface area (Å²) in [5.41, 5.74) is 1.97. The Hall–Kier alpha value is -0.890. The fourth-order valence-electron chi connectivity index (χ4n) is 3.75. The van der Waals surface area contributed by atoms with Gasteiger partial charge in [-0.05, 0) is 41.0 Å². The van der Waals surface area contributed by atoms with Gasteiger partial charge in [-0.1, -0.05) is 110 Å². The normalized spacial score (nSPS) is 24.0. The number of nitrogens with zero attached hydrogens (tertiary/aromatic N) is 1. The van der Waals surface area contributed by atoms with Gasteiger partial charge in [0.1, 0.15) is 0 Å². The maximum atomic E-state index is 6.74. The molecule has 5 heteroatoms. The second-order valence-corrected chi connectivity index (χ2v) is 12.7. The van der Waals surface area contributed by atoms with Crippen molar-refractivity contribution in [1.29, 1.82) is 0 Å². The van der Waals surface area contributed by atoms with Gasteiger partial charge in [-0.25, -0.2) is 0 Å². The third-order valence-electron chi connectivity index (χ3n) is 4.99. The Bertz CT molecular complexity index is 826. The molecule has 2 aromatic rings. The second-order valence-electron chi connectivity index (χ2n) is 7.68. The largest absolute Gasteiger partial charge is 0.268 e. The molecule has 0 saturated carbocycles. The van der Waals surface area contributed by atoms with Crippen LogP contribution in [0.1, 0.15) is 31.4 Å². The molecule has 0 radical (unpaired) electrons. The number of rotatable bonds is 5. The van der Waals surface area contributed by atoms with Crippen LogP contribution in [0.25, 0.3) is 10.1 Å². The van der Waals surface area contributed by atoms with E-state index < -0.39 is 6.19 Å². The highest BCUT2D eigenvalue weighted by Crippen LogP contribution is 2.58. The summed E-state index contributed by atoms with van der Waals surface area (Å²) < 4.78 is 2.44. The first-order valence-corrected chi connectivity index (χ1v) is 13.2. The van der Waals surface area contributed by atoms with Crippen LogP contribution in [0.2, 0.25) is 0 Å². The van der Waals surface area contributed by atoms with Gasteiger partial charge in [0.15, 0.2) is 0 Å². The zero-order chi connectivity index (χ0) is 20.1. The molecule has 148 valence electrons. The molecule has 2 aromatic carbocycles. The first-order valence-electron chi connectivity index (χ1n) is 9.60. The highest BCUT2D eigenvalue weighted by Gasteiger charge is 2.30. The number of hydrogen-bond donors (Lipinski definition) is 0. The molecule has 1 saturated heterocycles. The first-order chi connectivity index (χ1) is 13.4. The monoisotopic (exact) mass is 449 g/mol. The maximum absolute atomic E-state index is 6.74. The zero-order valence-electron chi connectivity index (χ0n) is 16.3. The predicted octanol–water partition coefficient (Wildman–Crippen LogP) is 7.83. The third kappa shape index (κ3) is 5.59. The van der Waals surface area contributed by atoms with Gasteiger partial charge >= 0.3 is 0 Å². The van der Waals surface area contributed by atoms with Crippen molar-refractivity contribution in [2.75, 3.05) is 13.1 Å². The summed E-state index contributed by atoms with van der Waals surface area (Å²) in [7, 11) is 0. The van der Waals surface area contributed by atoms with Gasteiger partial charge in [0.25, 0.3) is 0 Å². The fraction of sp³-hybridized carbons (Fsp3) is 0.304. The van der Waals surface area contributed by atoms with Gasteiger partial charge in [-0.2, -0.15) is 0 Å². The highest BCUT2D eigenvalue weighted by atomic mass is 35.5. The summed E-state index contributed by atoms with van der Waals surface area (Å²) in [5, 5.41) is 1.40. The van der Waals surface area contributed by atoms with Gasteiger partial charge < -0.3 is 0 Å². The molecule has 1 aliphatic heterocycles. The van der Waals surface area contributed by atoms with Crippen molar-refractivity contribution >= 4 is 51.3 Å². The van der Waals surface area contributed by atoms with E-state index in [-0.39, 0.29) is 0 Å². The molecular formula is C23H26Cl2NPS. The van der Waals surface area contributed by atoms with Gasteiger partial charge in [0.05, 0.1) is 16.3 Å². The van der Waals surface area contributed by atoms with E-state index in [1.807, 2.05) is 60.7 Å². The van der Waals surface area contributed by atoms with Gasteiger partial charge in [-0.3, -0.25) is 4.67 Å². The van der Waals surface area contributed by atoms with Crippen molar-refractivity contribution in [2.24, 2.45) is 11.8 Å². The molecule has 3 atom stereocenters. The Morgan fingerprint density at radius 2 is 1.25 bits per heavy atom. The van der Waals surface area contributed by atoms with E-state index in [0.29, 0.717) is 21.9 Å². The topological polar surface area (TPSA) is 3.24 Å². The summed E-state index contributed by atoms with van der Waals surface area (Å²) in [5.74, 6) is 5.38. The van der Waals surface area contributed by atoms with Crippen LogP contribution in [0, 0.1) is 11.8 Å². The SMILES string of the molecule is CC1CC(C)CN(P(=S)(/C=C(\Cl)c2ccccc2)/C=C(/Cl)c2ccccc2)C1. The van der Waals surface area contributed by atoms with Crippen molar-refractivity contribution < 1.29 is 0 Å². The third-order valence-corrected chi connectivity index (χ3v) is 9.74. The number of hydrogen-bond acceptors (Lipinski definition) is 1. The molecule has 1 heterocycles. The molecule has 0 amide bonds. The zero-order valence-corrected chi connectivity index (χ0v) is 19.5. The van der Waals surface area contributed by atoms with E-state index in [4.69, 9.17) is 35.0 Å². The Kier molecular flexibility index (Phi) is 7.59. The van der Waals surface area contributed by atoms with E-state index in [2.05, 4.69) is 30.2 Å². The second kappa shape index (κ2) is 9.74. The Balaban J connectivity index is 2.04. The molecule has 28 heavy (non-hydrogen) atoms. The van der Waals surface area contributed by atoms with Crippen molar-refractivity contribution in [2.45, 2.75) is 20.3 Å². The average molecular weight is 450 g/mol. The highest BCUT2D eigenvalue weighted by molar-refractivity contribution is 8.16. The number of halogens is 2. The van der Waals surface area contributed by atoms with E-state index in [1.165, 1.54) is 6.42 Å². The average Bonchev–Trinajstić information content (AvgIpc) is 2.68. The first kappa shape index (κ1) is 21.8. The Morgan fingerprint density at radius 3 is 1.64 bits per heavy atom. The van der Waals surface area contributed by atoms with Crippen LogP contribution in [-0.4, -0.2) is 17.8 Å². The van der Waals surface area contributed by atoms with Crippen LogP contribution < -0.4 is 0 Å². The van der Waals surface area contributed by atoms with Crippen molar-refractivity contribution in [3.63, 3.8) is 0 Å². The van der Waals surface area contributed by atoms with Crippen LogP contribution in [0.5, 0.6) is 0 Å². The van der Waals surface area contributed by atoms with E-state index in [1.54, 1.807) is 0 Å². The van der Waals surface area contributed by atoms with Crippen molar-refractivity contribution in [3.05, 3.63) is 83.4 Å². The van der Waals surface area contributed by atoms with Crippen LogP contribution in [0.15, 0.2) is 72.3 Å². The quantitative estimate of drug-likeness (QED) is 0.427. The lowest BCUT2D eigenvalue weighted by Gasteiger charge is -2.40. The summed E-state index contributed by atoms with van der Waals surface area (Å²) in [6.07, 6.45) is -1.000. The molecule has 1 aliphatic rings. The Morgan fingerprint density at radius 1 is 0.857 bits per heavy atom. The summed E-state index contributed by atoms with van der Waals surface area (Å²) in [6, 6.07) is 20.0. The van der Waals surface area contributed by atoms with Gasteiger partial charge in [-0.15, -0.1) is 0 Å². The number of benzene rings is 2. The predicted molar refractivity (Wildman–Crippen MR) is 129 cm³/mol. The summed E-state index contributed by atoms with van der Waals surface area (Å²) >= 11 is 19.8.